The molecule has 4 rings (SSSR count). The molecule has 0 unspecified atom stereocenters. The normalized spacial score (nSPS) is 10.8. The summed E-state index contributed by atoms with van der Waals surface area (Å²) in [5.74, 6) is 0.670. The Morgan fingerprint density at radius 3 is 2.65 bits per heavy atom. The van der Waals surface area contributed by atoms with Crippen LogP contribution in [-0.4, -0.2) is 27.8 Å². The van der Waals surface area contributed by atoms with Crippen molar-refractivity contribution in [2.24, 2.45) is 0 Å². The van der Waals surface area contributed by atoms with Crippen LogP contribution in [0.3, 0.4) is 0 Å². The van der Waals surface area contributed by atoms with Crippen LogP contribution in [0.4, 0.5) is 0 Å². The lowest BCUT2D eigenvalue weighted by Crippen LogP contribution is -2.26. The highest BCUT2D eigenvalue weighted by Crippen LogP contribution is 2.25. The summed E-state index contributed by atoms with van der Waals surface area (Å²) in [6.45, 7) is 0.410. The molecule has 4 aromatic rings. The molecule has 0 radical (unpaired) electrons. The lowest BCUT2D eigenvalue weighted by Gasteiger charge is -2.18. The number of nitrogens with zero attached hydrogens (tertiary/aromatic N) is 3. The number of carbonyl (C=O) groups is 1. The van der Waals surface area contributed by atoms with Gasteiger partial charge in [-0.3, -0.25) is 9.78 Å². The maximum absolute atomic E-state index is 13.1. The fraction of sp³-hybridized carbons (Fsp3) is 0.0952. The summed E-state index contributed by atoms with van der Waals surface area (Å²) in [6, 6.07) is 17.0. The van der Waals surface area contributed by atoms with Gasteiger partial charge in [0.25, 0.3) is 5.91 Å². The Morgan fingerprint density at radius 2 is 1.88 bits per heavy atom. The van der Waals surface area contributed by atoms with E-state index in [1.807, 2.05) is 54.6 Å². The van der Waals surface area contributed by atoms with Crippen molar-refractivity contribution in [2.75, 3.05) is 7.05 Å². The van der Waals surface area contributed by atoms with Gasteiger partial charge in [-0.25, -0.2) is 4.98 Å². The number of carbonyl (C=O) groups excluding carboxylic acids is 1. The molecule has 26 heavy (non-hydrogen) atoms. The number of rotatable bonds is 4. The van der Waals surface area contributed by atoms with Gasteiger partial charge in [0.05, 0.1) is 29.6 Å². The second-order valence-electron chi connectivity index (χ2n) is 6.05. The van der Waals surface area contributed by atoms with Crippen molar-refractivity contribution in [2.45, 2.75) is 6.54 Å². The number of para-hydroxylation sites is 1. The van der Waals surface area contributed by atoms with Crippen molar-refractivity contribution in [3.8, 4) is 11.3 Å². The molecule has 0 aliphatic heterocycles. The third-order valence-electron chi connectivity index (χ3n) is 4.24. The molecule has 0 aliphatic carbocycles. The van der Waals surface area contributed by atoms with E-state index in [1.165, 1.54) is 0 Å². The summed E-state index contributed by atoms with van der Waals surface area (Å²) >= 11 is 0. The molecule has 5 nitrogen and oxygen atoms in total. The quantitative estimate of drug-likeness (QED) is 0.558. The Kier molecular flexibility index (Phi) is 4.19. The Morgan fingerprint density at radius 1 is 1.08 bits per heavy atom. The van der Waals surface area contributed by atoms with E-state index in [9.17, 15) is 4.79 Å². The number of fused-ring (bicyclic) bond motifs is 1. The monoisotopic (exact) mass is 343 g/mol. The predicted molar refractivity (Wildman–Crippen MR) is 99.5 cm³/mol. The van der Waals surface area contributed by atoms with E-state index in [-0.39, 0.29) is 5.91 Å². The van der Waals surface area contributed by atoms with Crippen molar-refractivity contribution < 1.29 is 9.21 Å². The number of furan rings is 1. The average Bonchev–Trinajstić information content (AvgIpc) is 3.20. The maximum Gasteiger partial charge on any atom is 0.254 e. The van der Waals surface area contributed by atoms with Gasteiger partial charge in [-0.15, -0.1) is 0 Å². The molecule has 0 aliphatic rings. The molecule has 3 aromatic heterocycles. The zero-order chi connectivity index (χ0) is 17.9. The average molecular weight is 343 g/mol. The summed E-state index contributed by atoms with van der Waals surface area (Å²) in [5, 5.41) is 0.835. The molecule has 0 N–H and O–H groups in total. The largest absolute Gasteiger partial charge is 0.467 e. The minimum absolute atomic E-state index is 0.0738. The Bertz CT molecular complexity index is 1040. The molecule has 1 aromatic carbocycles. The number of amides is 1. The molecule has 0 spiro atoms. The van der Waals surface area contributed by atoms with Crippen LogP contribution >= 0.6 is 0 Å². The number of aromatic nitrogens is 2. The molecular formula is C21H17N3O2. The van der Waals surface area contributed by atoms with Crippen molar-refractivity contribution in [3.05, 3.63) is 84.6 Å². The number of pyridine rings is 2. The van der Waals surface area contributed by atoms with Gasteiger partial charge in [-0.2, -0.15) is 0 Å². The van der Waals surface area contributed by atoms with Gasteiger partial charge < -0.3 is 9.32 Å². The molecule has 5 heteroatoms. The fourth-order valence-electron chi connectivity index (χ4n) is 2.94. The van der Waals surface area contributed by atoms with Crippen LogP contribution in [0, 0.1) is 0 Å². The van der Waals surface area contributed by atoms with Crippen molar-refractivity contribution in [1.29, 1.82) is 0 Å². The van der Waals surface area contributed by atoms with E-state index >= 15 is 0 Å². The van der Waals surface area contributed by atoms with Crippen molar-refractivity contribution in [3.63, 3.8) is 0 Å². The van der Waals surface area contributed by atoms with Crippen LogP contribution in [0.15, 0.2) is 77.7 Å². The van der Waals surface area contributed by atoms with Crippen molar-refractivity contribution in [1.82, 2.24) is 14.9 Å². The van der Waals surface area contributed by atoms with E-state index in [2.05, 4.69) is 4.98 Å². The van der Waals surface area contributed by atoms with Crippen LogP contribution in [0.25, 0.3) is 22.2 Å². The molecule has 0 atom stereocenters. The number of benzene rings is 1. The topological polar surface area (TPSA) is 59.2 Å². The summed E-state index contributed by atoms with van der Waals surface area (Å²) in [7, 11) is 1.77. The molecule has 0 saturated carbocycles. The maximum atomic E-state index is 13.1. The predicted octanol–water partition coefficient (Wildman–Crippen LogP) is 4.16. The van der Waals surface area contributed by atoms with Gasteiger partial charge in [0, 0.05) is 30.4 Å². The van der Waals surface area contributed by atoms with E-state index < -0.39 is 0 Å². The van der Waals surface area contributed by atoms with E-state index in [4.69, 9.17) is 9.40 Å². The summed E-state index contributed by atoms with van der Waals surface area (Å²) < 4.78 is 5.36. The second-order valence-corrected chi connectivity index (χ2v) is 6.05. The minimum atomic E-state index is -0.0738. The van der Waals surface area contributed by atoms with Gasteiger partial charge in [-0.1, -0.05) is 18.2 Å². The minimum Gasteiger partial charge on any atom is -0.467 e. The first-order chi connectivity index (χ1) is 12.7. The molecule has 0 bridgehead atoms. The van der Waals surface area contributed by atoms with Gasteiger partial charge >= 0.3 is 0 Å². The van der Waals surface area contributed by atoms with Crippen molar-refractivity contribution >= 4 is 16.8 Å². The van der Waals surface area contributed by atoms with Crippen LogP contribution < -0.4 is 0 Å². The van der Waals surface area contributed by atoms with Gasteiger partial charge in [0.2, 0.25) is 0 Å². The van der Waals surface area contributed by atoms with E-state index in [0.29, 0.717) is 12.1 Å². The Labute approximate surface area is 150 Å². The standard InChI is InChI=1S/C21H17N3O2/c1-24(14-16-5-4-12-26-16)21(25)18-13-20(15-8-10-22-11-9-15)23-19-7-3-2-6-17(18)19/h2-13H,14H2,1H3. The van der Waals surface area contributed by atoms with Gasteiger partial charge in [0.1, 0.15) is 5.76 Å². The highest BCUT2D eigenvalue weighted by Gasteiger charge is 2.18. The molecular weight excluding hydrogens is 326 g/mol. The number of hydrogen-bond donors (Lipinski definition) is 0. The van der Waals surface area contributed by atoms with Crippen LogP contribution in [0.1, 0.15) is 16.1 Å². The lowest BCUT2D eigenvalue weighted by molar-refractivity contribution is 0.0777. The van der Waals surface area contributed by atoms with Crippen LogP contribution in [0.5, 0.6) is 0 Å². The van der Waals surface area contributed by atoms with Gasteiger partial charge in [-0.05, 0) is 36.4 Å². The lowest BCUT2D eigenvalue weighted by atomic mass is 10.0. The molecule has 3 heterocycles. The first kappa shape index (κ1) is 16.0. The molecule has 0 fully saturated rings. The Balaban J connectivity index is 1.78. The summed E-state index contributed by atoms with van der Waals surface area (Å²) in [5.41, 5.74) is 3.09. The first-order valence-electron chi connectivity index (χ1n) is 8.30. The fourth-order valence-corrected chi connectivity index (χ4v) is 2.94. The zero-order valence-corrected chi connectivity index (χ0v) is 14.3. The van der Waals surface area contributed by atoms with Crippen LogP contribution in [0.2, 0.25) is 0 Å². The van der Waals surface area contributed by atoms with E-state index in [0.717, 1.165) is 27.9 Å². The highest BCUT2D eigenvalue weighted by atomic mass is 16.3. The van der Waals surface area contributed by atoms with E-state index in [1.54, 1.807) is 30.6 Å². The highest BCUT2D eigenvalue weighted by molar-refractivity contribution is 6.07. The number of hydrogen-bond acceptors (Lipinski definition) is 4. The third kappa shape index (κ3) is 3.07. The van der Waals surface area contributed by atoms with Crippen LogP contribution in [-0.2, 0) is 6.54 Å². The molecule has 0 saturated heterocycles. The third-order valence-corrected chi connectivity index (χ3v) is 4.24. The Hall–Kier alpha value is -3.47. The second kappa shape index (κ2) is 6.80. The summed E-state index contributed by atoms with van der Waals surface area (Å²) in [6.07, 6.45) is 5.05. The smallest absolute Gasteiger partial charge is 0.254 e. The SMILES string of the molecule is CN(Cc1ccco1)C(=O)c1cc(-c2ccncc2)nc2ccccc12. The van der Waals surface area contributed by atoms with Gasteiger partial charge in [0.15, 0.2) is 0 Å². The molecule has 1 amide bonds. The summed E-state index contributed by atoms with van der Waals surface area (Å²) in [4.78, 5) is 23.5. The first-order valence-corrected chi connectivity index (χ1v) is 8.30. The molecule has 128 valence electrons. The zero-order valence-electron chi connectivity index (χ0n) is 14.3.